The Balaban J connectivity index is 2.17. The quantitative estimate of drug-likeness (QED) is 0.345. The van der Waals surface area contributed by atoms with E-state index >= 15 is 0 Å². The van der Waals surface area contributed by atoms with Crippen LogP contribution < -0.4 is 9.26 Å². The lowest BCUT2D eigenvalue weighted by Gasteiger charge is -2.22. The zero-order chi connectivity index (χ0) is 20.5. The summed E-state index contributed by atoms with van der Waals surface area (Å²) in [6, 6.07) is 21.4. The Labute approximate surface area is 174 Å². The van der Waals surface area contributed by atoms with Crippen LogP contribution in [-0.4, -0.2) is 25.9 Å². The zero-order valence-electron chi connectivity index (χ0n) is 17.5. The van der Waals surface area contributed by atoms with Crippen LogP contribution in [0.4, 0.5) is 0 Å². The lowest BCUT2D eigenvalue weighted by atomic mass is 9.89. The highest BCUT2D eigenvalue weighted by atomic mass is 31.1. The van der Waals surface area contributed by atoms with Crippen LogP contribution >= 0.6 is 8.96 Å². The first-order valence-corrected chi connectivity index (χ1v) is 10.6. The van der Waals surface area contributed by atoms with Crippen LogP contribution in [0.2, 0.25) is 0 Å². The fourth-order valence-corrected chi connectivity index (χ4v) is 4.50. The second-order valence-electron chi connectivity index (χ2n) is 7.53. The predicted molar refractivity (Wildman–Crippen MR) is 126 cm³/mol. The van der Waals surface area contributed by atoms with Crippen molar-refractivity contribution in [2.45, 2.75) is 13.8 Å². The maximum absolute atomic E-state index is 6.38. The molecule has 29 heavy (non-hydrogen) atoms. The number of hydrogen-bond acceptors (Lipinski definition) is 3. The molecule has 0 aliphatic heterocycles. The van der Waals surface area contributed by atoms with Crippen molar-refractivity contribution in [1.29, 1.82) is 0 Å². The smallest absolute Gasteiger partial charge is 0.148 e. The van der Waals surface area contributed by atoms with E-state index in [9.17, 15) is 0 Å². The van der Waals surface area contributed by atoms with Gasteiger partial charge in [0.1, 0.15) is 20.5 Å². The van der Waals surface area contributed by atoms with Gasteiger partial charge in [0.2, 0.25) is 0 Å². The molecule has 3 nitrogen and oxygen atoms in total. The number of methoxy groups -OCH3 is 1. The minimum Gasteiger partial charge on any atom is -0.496 e. The Morgan fingerprint density at radius 3 is 1.72 bits per heavy atom. The van der Waals surface area contributed by atoms with E-state index in [4.69, 9.17) is 9.26 Å². The normalized spacial score (nSPS) is 11.8. The van der Waals surface area contributed by atoms with Crippen molar-refractivity contribution in [1.82, 2.24) is 4.67 Å². The molecule has 1 atom stereocenters. The highest BCUT2D eigenvalue weighted by Gasteiger charge is 2.22. The van der Waals surface area contributed by atoms with Crippen LogP contribution in [0.15, 0.2) is 60.7 Å². The molecule has 4 rings (SSSR count). The van der Waals surface area contributed by atoms with E-state index in [1.165, 1.54) is 21.5 Å². The van der Waals surface area contributed by atoms with E-state index in [2.05, 4.69) is 79.2 Å². The van der Waals surface area contributed by atoms with Gasteiger partial charge in [-0.2, -0.15) is 0 Å². The second kappa shape index (κ2) is 8.02. The molecule has 0 fully saturated rings. The van der Waals surface area contributed by atoms with E-state index in [1.807, 2.05) is 14.1 Å². The monoisotopic (exact) mass is 403 g/mol. The molecule has 0 radical (unpaired) electrons. The molecule has 1 unspecified atom stereocenters. The largest absolute Gasteiger partial charge is 0.496 e. The molecule has 0 aromatic heterocycles. The van der Waals surface area contributed by atoms with Crippen molar-refractivity contribution in [2.75, 3.05) is 21.2 Å². The van der Waals surface area contributed by atoms with Crippen molar-refractivity contribution in [2.24, 2.45) is 0 Å². The summed E-state index contributed by atoms with van der Waals surface area (Å²) in [5.74, 6) is 1.82. The Morgan fingerprint density at radius 1 is 0.724 bits per heavy atom. The van der Waals surface area contributed by atoms with Gasteiger partial charge in [0.05, 0.1) is 7.11 Å². The molecule has 148 valence electrons. The van der Waals surface area contributed by atoms with Gasteiger partial charge in [0, 0.05) is 11.1 Å². The Hall–Kier alpha value is -2.61. The fraction of sp³-hybridized carbons (Fsp3) is 0.200. The molecule has 4 heteroatoms. The summed E-state index contributed by atoms with van der Waals surface area (Å²) < 4.78 is 14.4. The molecular formula is C25H26NO2P. The summed E-state index contributed by atoms with van der Waals surface area (Å²) in [7, 11) is 6.04. The highest BCUT2D eigenvalue weighted by molar-refractivity contribution is 7.29. The predicted octanol–water partition coefficient (Wildman–Crippen LogP) is 6.73. The first kappa shape index (κ1) is 19.7. The van der Waals surface area contributed by atoms with Crippen LogP contribution in [0, 0.1) is 13.8 Å². The van der Waals surface area contributed by atoms with Crippen molar-refractivity contribution in [3.05, 3.63) is 71.8 Å². The first-order chi connectivity index (χ1) is 14.0. The second-order valence-corrected chi connectivity index (χ2v) is 8.81. The van der Waals surface area contributed by atoms with Crippen molar-refractivity contribution in [3.63, 3.8) is 0 Å². The van der Waals surface area contributed by atoms with Gasteiger partial charge in [-0.3, -0.25) is 4.67 Å². The van der Waals surface area contributed by atoms with Gasteiger partial charge in [0.25, 0.3) is 0 Å². The lowest BCUT2D eigenvalue weighted by molar-refractivity contribution is 0.414. The molecule has 0 amide bonds. The van der Waals surface area contributed by atoms with Crippen LogP contribution in [0.25, 0.3) is 32.7 Å². The van der Waals surface area contributed by atoms with Gasteiger partial charge in [-0.25, -0.2) is 0 Å². The standard InChI is InChI=1S/C25H26NO2P/c1-16-14-18-10-6-8-12-20(18)22(24(16)27-5)23-21-13-9-7-11-19(21)15-17(2)25(23)28-29-26(3)4/h6-15,29H,1-5H3. The van der Waals surface area contributed by atoms with Gasteiger partial charge in [-0.05, 0) is 72.7 Å². The van der Waals surface area contributed by atoms with Crippen molar-refractivity contribution < 1.29 is 9.26 Å². The maximum atomic E-state index is 6.38. The van der Waals surface area contributed by atoms with E-state index in [-0.39, 0.29) is 8.96 Å². The van der Waals surface area contributed by atoms with E-state index < -0.39 is 0 Å². The number of nitrogens with zero attached hydrogens (tertiary/aromatic N) is 1. The fourth-order valence-electron chi connectivity index (χ4n) is 3.97. The Bertz CT molecular complexity index is 1200. The Morgan fingerprint density at radius 2 is 1.21 bits per heavy atom. The van der Waals surface area contributed by atoms with Crippen molar-refractivity contribution in [3.8, 4) is 22.6 Å². The number of hydrogen-bond donors (Lipinski definition) is 0. The zero-order valence-corrected chi connectivity index (χ0v) is 18.5. The Kier molecular flexibility index (Phi) is 5.45. The van der Waals surface area contributed by atoms with Gasteiger partial charge < -0.3 is 9.26 Å². The van der Waals surface area contributed by atoms with Gasteiger partial charge in [-0.1, -0.05) is 48.5 Å². The number of rotatable bonds is 5. The third-order valence-corrected chi connectivity index (χ3v) is 5.82. The van der Waals surface area contributed by atoms with E-state index in [0.29, 0.717) is 0 Å². The topological polar surface area (TPSA) is 21.7 Å². The van der Waals surface area contributed by atoms with E-state index in [1.54, 1.807) is 7.11 Å². The van der Waals surface area contributed by atoms with Gasteiger partial charge >= 0.3 is 0 Å². The third-order valence-electron chi connectivity index (χ3n) is 5.16. The number of ether oxygens (including phenoxy) is 1. The minimum atomic E-state index is 0.239. The average molecular weight is 403 g/mol. The summed E-state index contributed by atoms with van der Waals surface area (Å²) in [6.07, 6.45) is 0. The molecule has 4 aromatic rings. The van der Waals surface area contributed by atoms with Crippen LogP contribution in [0.1, 0.15) is 11.1 Å². The molecule has 0 aliphatic carbocycles. The van der Waals surface area contributed by atoms with Crippen LogP contribution in [-0.2, 0) is 0 Å². The first-order valence-electron chi connectivity index (χ1n) is 9.70. The number of benzene rings is 4. The maximum Gasteiger partial charge on any atom is 0.148 e. The van der Waals surface area contributed by atoms with Crippen LogP contribution in [0.5, 0.6) is 11.5 Å². The molecule has 0 N–H and O–H groups in total. The minimum absolute atomic E-state index is 0.239. The molecule has 0 heterocycles. The van der Waals surface area contributed by atoms with E-state index in [0.717, 1.165) is 33.8 Å². The SMILES string of the molecule is COc1c(C)cc2ccccc2c1-c1c(OPN(C)C)c(C)cc2ccccc12. The molecule has 0 aliphatic rings. The third kappa shape index (κ3) is 3.57. The lowest BCUT2D eigenvalue weighted by Crippen LogP contribution is -2.02. The number of fused-ring (bicyclic) bond motifs is 2. The molecule has 0 spiro atoms. The molecule has 4 aromatic carbocycles. The molecule has 0 saturated carbocycles. The summed E-state index contributed by atoms with van der Waals surface area (Å²) in [5, 5.41) is 4.75. The average Bonchev–Trinajstić information content (AvgIpc) is 2.71. The summed E-state index contributed by atoms with van der Waals surface area (Å²) in [5.41, 5.74) is 4.45. The summed E-state index contributed by atoms with van der Waals surface area (Å²) >= 11 is 0. The van der Waals surface area contributed by atoms with Gasteiger partial charge in [-0.15, -0.1) is 0 Å². The number of aryl methyl sites for hydroxylation is 2. The molecule has 0 saturated heterocycles. The molecular weight excluding hydrogens is 377 g/mol. The summed E-state index contributed by atoms with van der Waals surface area (Å²) in [4.78, 5) is 0. The van der Waals surface area contributed by atoms with Gasteiger partial charge in [0.15, 0.2) is 0 Å². The highest BCUT2D eigenvalue weighted by Crippen LogP contribution is 2.49. The summed E-state index contributed by atoms with van der Waals surface area (Å²) in [6.45, 7) is 4.23. The van der Waals surface area contributed by atoms with Crippen molar-refractivity contribution >= 4 is 30.5 Å². The molecule has 0 bridgehead atoms. The van der Waals surface area contributed by atoms with Crippen LogP contribution in [0.3, 0.4) is 0 Å².